The van der Waals surface area contributed by atoms with Gasteiger partial charge in [-0.15, -0.1) is 0 Å². The Hall–Kier alpha value is -2.56. The average Bonchev–Trinajstić information content (AvgIpc) is 2.57. The zero-order valence-electron chi connectivity index (χ0n) is 13.3. The largest absolute Gasteiger partial charge is 0.496 e. The fraction of sp³-hybridized carbons (Fsp3) is 0.333. The zero-order chi connectivity index (χ0) is 16.8. The summed E-state index contributed by atoms with van der Waals surface area (Å²) >= 11 is 0. The number of hydrogen-bond acceptors (Lipinski definition) is 3. The first kappa shape index (κ1) is 16.8. The van der Waals surface area contributed by atoms with E-state index in [9.17, 15) is 14.7 Å². The van der Waals surface area contributed by atoms with Crippen molar-refractivity contribution in [1.29, 1.82) is 0 Å². The molecule has 0 aliphatic carbocycles. The van der Waals surface area contributed by atoms with Gasteiger partial charge in [-0.1, -0.05) is 44.0 Å². The van der Waals surface area contributed by atoms with E-state index >= 15 is 0 Å². The maximum absolute atomic E-state index is 12.5. The quantitative estimate of drug-likeness (QED) is 0.822. The van der Waals surface area contributed by atoms with Crippen molar-refractivity contribution in [1.82, 2.24) is 5.32 Å². The second-order valence-corrected chi connectivity index (χ2v) is 5.37. The molecule has 1 amide bonds. The van der Waals surface area contributed by atoms with Crippen LogP contribution in [-0.2, 0) is 4.79 Å². The van der Waals surface area contributed by atoms with Gasteiger partial charge in [-0.25, -0.2) is 4.79 Å². The molecule has 0 heterocycles. The van der Waals surface area contributed by atoms with Crippen LogP contribution in [0.1, 0.15) is 36.5 Å². The molecule has 2 aromatic carbocycles. The second kappa shape index (κ2) is 7.63. The van der Waals surface area contributed by atoms with Gasteiger partial charge in [0.15, 0.2) is 0 Å². The minimum atomic E-state index is -1.01. The third kappa shape index (κ3) is 3.80. The number of carbonyl (C=O) groups is 2. The Morgan fingerprint density at radius 2 is 1.87 bits per heavy atom. The lowest BCUT2D eigenvalue weighted by molar-refractivity contribution is -0.139. The van der Waals surface area contributed by atoms with Crippen molar-refractivity contribution in [2.75, 3.05) is 7.11 Å². The number of carboxylic acid groups (broad SMARTS) is 1. The number of amides is 1. The van der Waals surface area contributed by atoms with Gasteiger partial charge in [-0.3, -0.25) is 4.79 Å². The number of fused-ring (bicyclic) bond motifs is 1. The summed E-state index contributed by atoms with van der Waals surface area (Å²) in [5.74, 6) is -0.713. The molecule has 0 fully saturated rings. The van der Waals surface area contributed by atoms with Crippen molar-refractivity contribution >= 4 is 22.6 Å². The topological polar surface area (TPSA) is 75.6 Å². The second-order valence-electron chi connectivity index (χ2n) is 5.37. The monoisotopic (exact) mass is 315 g/mol. The summed E-state index contributed by atoms with van der Waals surface area (Å²) in [6.07, 6.45) is 2.05. The number of carbonyl (C=O) groups excluding carboxylic acids is 1. The molecule has 5 heteroatoms. The normalized spacial score (nSPS) is 11.9. The molecule has 0 unspecified atom stereocenters. The molecule has 23 heavy (non-hydrogen) atoms. The van der Waals surface area contributed by atoms with Crippen molar-refractivity contribution < 1.29 is 19.4 Å². The lowest BCUT2D eigenvalue weighted by atomic mass is 10.0. The van der Waals surface area contributed by atoms with Gasteiger partial charge in [0, 0.05) is 10.9 Å². The molecule has 0 aliphatic heterocycles. The van der Waals surface area contributed by atoms with Gasteiger partial charge < -0.3 is 15.2 Å². The van der Waals surface area contributed by atoms with E-state index in [1.807, 2.05) is 31.2 Å². The SMILES string of the molecule is CCCC[C@H](NC(=O)c1ccc(OC)c2ccccc12)C(=O)O. The predicted octanol–water partition coefficient (Wildman–Crippen LogP) is 3.22. The third-order valence-corrected chi connectivity index (χ3v) is 3.80. The summed E-state index contributed by atoms with van der Waals surface area (Å²) in [6.45, 7) is 1.98. The number of unbranched alkanes of at least 4 members (excludes halogenated alkanes) is 1. The summed E-state index contributed by atoms with van der Waals surface area (Å²) in [7, 11) is 1.58. The predicted molar refractivity (Wildman–Crippen MR) is 88.9 cm³/mol. The first-order chi connectivity index (χ1) is 11.1. The fourth-order valence-electron chi connectivity index (χ4n) is 2.55. The summed E-state index contributed by atoms with van der Waals surface area (Å²) in [5, 5.41) is 13.4. The van der Waals surface area contributed by atoms with E-state index in [0.29, 0.717) is 17.7 Å². The van der Waals surface area contributed by atoms with Crippen LogP contribution in [0.2, 0.25) is 0 Å². The van der Waals surface area contributed by atoms with Crippen molar-refractivity contribution in [2.24, 2.45) is 0 Å². The first-order valence-corrected chi connectivity index (χ1v) is 7.67. The lowest BCUT2D eigenvalue weighted by Crippen LogP contribution is -2.40. The molecule has 0 saturated heterocycles. The minimum absolute atomic E-state index is 0.382. The van der Waals surface area contributed by atoms with Gasteiger partial charge in [0.05, 0.1) is 7.11 Å². The smallest absolute Gasteiger partial charge is 0.326 e. The molecule has 0 radical (unpaired) electrons. The van der Waals surface area contributed by atoms with Crippen LogP contribution in [0.4, 0.5) is 0 Å². The lowest BCUT2D eigenvalue weighted by Gasteiger charge is -2.16. The van der Waals surface area contributed by atoms with Crippen molar-refractivity contribution in [3.8, 4) is 5.75 Å². The van der Waals surface area contributed by atoms with Crippen molar-refractivity contribution in [2.45, 2.75) is 32.2 Å². The Bertz CT molecular complexity index is 711. The Labute approximate surface area is 135 Å². The molecule has 0 saturated carbocycles. The molecule has 0 aliphatic rings. The number of benzene rings is 2. The van der Waals surface area contributed by atoms with Crippen LogP contribution < -0.4 is 10.1 Å². The zero-order valence-corrected chi connectivity index (χ0v) is 13.3. The Balaban J connectivity index is 2.32. The maximum Gasteiger partial charge on any atom is 0.326 e. The van der Waals surface area contributed by atoms with Crippen LogP contribution in [-0.4, -0.2) is 30.1 Å². The molecular formula is C18H21NO4. The minimum Gasteiger partial charge on any atom is -0.496 e. The molecule has 2 aromatic rings. The van der Waals surface area contributed by atoms with Crippen LogP contribution in [0.3, 0.4) is 0 Å². The molecule has 1 atom stereocenters. The third-order valence-electron chi connectivity index (χ3n) is 3.80. The number of ether oxygens (including phenoxy) is 1. The van der Waals surface area contributed by atoms with E-state index < -0.39 is 12.0 Å². The van der Waals surface area contributed by atoms with Crippen LogP contribution in [0, 0.1) is 0 Å². The highest BCUT2D eigenvalue weighted by molar-refractivity contribution is 6.09. The first-order valence-electron chi connectivity index (χ1n) is 7.67. The van der Waals surface area contributed by atoms with Crippen LogP contribution in [0.5, 0.6) is 5.75 Å². The number of methoxy groups -OCH3 is 1. The Kier molecular flexibility index (Phi) is 5.57. The van der Waals surface area contributed by atoms with E-state index in [4.69, 9.17) is 4.74 Å². The van der Waals surface area contributed by atoms with Crippen molar-refractivity contribution in [3.63, 3.8) is 0 Å². The molecule has 0 aromatic heterocycles. The number of rotatable bonds is 7. The van der Waals surface area contributed by atoms with Gasteiger partial charge in [-0.05, 0) is 23.9 Å². The highest BCUT2D eigenvalue weighted by Crippen LogP contribution is 2.28. The van der Waals surface area contributed by atoms with Gasteiger partial charge in [-0.2, -0.15) is 0 Å². The van der Waals surface area contributed by atoms with Gasteiger partial charge in [0.25, 0.3) is 5.91 Å². The highest BCUT2D eigenvalue weighted by atomic mass is 16.5. The van der Waals surface area contributed by atoms with E-state index in [0.717, 1.165) is 23.6 Å². The number of hydrogen-bond donors (Lipinski definition) is 2. The molecule has 0 spiro atoms. The summed E-state index contributed by atoms with van der Waals surface area (Å²) in [5.41, 5.74) is 0.448. The molecule has 5 nitrogen and oxygen atoms in total. The summed E-state index contributed by atoms with van der Waals surface area (Å²) in [6, 6.07) is 9.92. The van der Waals surface area contributed by atoms with E-state index in [1.54, 1.807) is 19.2 Å². The van der Waals surface area contributed by atoms with Crippen molar-refractivity contribution in [3.05, 3.63) is 42.0 Å². The van der Waals surface area contributed by atoms with Gasteiger partial charge in [0.2, 0.25) is 0 Å². The fourth-order valence-corrected chi connectivity index (χ4v) is 2.55. The van der Waals surface area contributed by atoms with E-state index in [-0.39, 0.29) is 5.91 Å². The molecular weight excluding hydrogens is 294 g/mol. The average molecular weight is 315 g/mol. The molecule has 2 N–H and O–H groups in total. The Morgan fingerprint density at radius 1 is 1.17 bits per heavy atom. The summed E-state index contributed by atoms with van der Waals surface area (Å²) in [4.78, 5) is 23.8. The standard InChI is InChI=1S/C18H21NO4/c1-3-4-9-15(18(21)22)19-17(20)14-10-11-16(23-2)13-8-6-5-7-12(13)14/h5-8,10-11,15H,3-4,9H2,1-2H3,(H,19,20)(H,21,22)/t15-/m0/s1. The number of carboxylic acids is 1. The van der Waals surface area contributed by atoms with Crippen LogP contribution in [0.25, 0.3) is 10.8 Å². The number of aliphatic carboxylic acids is 1. The number of nitrogens with one attached hydrogen (secondary N) is 1. The van der Waals surface area contributed by atoms with Crippen LogP contribution >= 0.6 is 0 Å². The van der Waals surface area contributed by atoms with Gasteiger partial charge in [0.1, 0.15) is 11.8 Å². The maximum atomic E-state index is 12.5. The Morgan fingerprint density at radius 3 is 2.48 bits per heavy atom. The van der Waals surface area contributed by atoms with Gasteiger partial charge >= 0.3 is 5.97 Å². The summed E-state index contributed by atoms with van der Waals surface area (Å²) < 4.78 is 5.31. The molecule has 2 rings (SSSR count). The van der Waals surface area contributed by atoms with E-state index in [1.165, 1.54) is 0 Å². The van der Waals surface area contributed by atoms with Crippen LogP contribution in [0.15, 0.2) is 36.4 Å². The van der Waals surface area contributed by atoms with E-state index in [2.05, 4.69) is 5.32 Å². The molecule has 0 bridgehead atoms. The highest BCUT2D eigenvalue weighted by Gasteiger charge is 2.21. The molecule has 122 valence electrons.